The van der Waals surface area contributed by atoms with E-state index in [9.17, 15) is 9.59 Å². The fourth-order valence-corrected chi connectivity index (χ4v) is 2.37. The largest absolute Gasteiger partial charge is 0.467 e. The van der Waals surface area contributed by atoms with Crippen LogP contribution < -0.4 is 0 Å². The summed E-state index contributed by atoms with van der Waals surface area (Å²) >= 11 is 0. The zero-order chi connectivity index (χ0) is 18.4. The molecular formula is C19H19N3O4. The van der Waals surface area contributed by atoms with Crippen molar-refractivity contribution in [2.24, 2.45) is 0 Å². The van der Waals surface area contributed by atoms with Crippen molar-refractivity contribution < 1.29 is 18.7 Å². The topological polar surface area (TPSA) is 77.6 Å². The summed E-state index contributed by atoms with van der Waals surface area (Å²) in [6, 6.07) is 13.3. The van der Waals surface area contributed by atoms with Gasteiger partial charge in [0.25, 0.3) is 5.91 Å². The molecule has 0 aliphatic heterocycles. The number of rotatable bonds is 7. The minimum absolute atomic E-state index is 0.308. The molecule has 3 aromatic rings. The minimum Gasteiger partial charge on any atom is -0.467 e. The van der Waals surface area contributed by atoms with Gasteiger partial charge in [0.05, 0.1) is 31.1 Å². The van der Waals surface area contributed by atoms with Crippen molar-refractivity contribution in [2.75, 3.05) is 13.7 Å². The van der Waals surface area contributed by atoms with Crippen molar-refractivity contribution in [3.05, 3.63) is 78.0 Å². The second-order valence-corrected chi connectivity index (χ2v) is 5.82. The Labute approximate surface area is 150 Å². The summed E-state index contributed by atoms with van der Waals surface area (Å²) in [5.41, 5.74) is 1.38. The third-order valence-electron chi connectivity index (χ3n) is 3.78. The van der Waals surface area contributed by atoms with Crippen LogP contribution in [0, 0.1) is 0 Å². The normalized spacial score (nSPS) is 10.5. The van der Waals surface area contributed by atoms with Gasteiger partial charge in [-0.15, -0.1) is 0 Å². The van der Waals surface area contributed by atoms with Crippen LogP contribution in [0.4, 0.5) is 0 Å². The summed E-state index contributed by atoms with van der Waals surface area (Å²) in [6.07, 6.45) is 4.58. The number of carbonyl (C=O) groups is 2. The number of nitrogens with zero attached hydrogens (tertiary/aromatic N) is 3. The number of amides is 1. The van der Waals surface area contributed by atoms with Gasteiger partial charge < -0.3 is 14.1 Å². The van der Waals surface area contributed by atoms with Crippen LogP contribution in [0.2, 0.25) is 0 Å². The molecule has 134 valence electrons. The first-order valence-electron chi connectivity index (χ1n) is 8.11. The SMILES string of the molecule is CN(Cc1ccco1)C(=O)COC(=O)c1cnn(Cc2ccccc2)c1. The first kappa shape index (κ1) is 17.5. The first-order valence-corrected chi connectivity index (χ1v) is 8.11. The first-order chi connectivity index (χ1) is 12.6. The molecule has 0 N–H and O–H groups in total. The smallest absolute Gasteiger partial charge is 0.341 e. The van der Waals surface area contributed by atoms with E-state index in [0.29, 0.717) is 24.4 Å². The molecule has 0 aliphatic rings. The average molecular weight is 353 g/mol. The minimum atomic E-state index is -0.580. The van der Waals surface area contributed by atoms with Gasteiger partial charge in [-0.1, -0.05) is 30.3 Å². The fourth-order valence-electron chi connectivity index (χ4n) is 2.37. The van der Waals surface area contributed by atoms with Crippen molar-refractivity contribution >= 4 is 11.9 Å². The molecule has 0 bridgehead atoms. The number of aromatic nitrogens is 2. The van der Waals surface area contributed by atoms with Crippen LogP contribution in [-0.2, 0) is 22.6 Å². The monoisotopic (exact) mass is 353 g/mol. The lowest BCUT2D eigenvalue weighted by molar-refractivity contribution is -0.133. The van der Waals surface area contributed by atoms with E-state index in [-0.39, 0.29) is 12.5 Å². The van der Waals surface area contributed by atoms with Crippen molar-refractivity contribution in [2.45, 2.75) is 13.1 Å². The lowest BCUT2D eigenvalue weighted by Crippen LogP contribution is -2.30. The van der Waals surface area contributed by atoms with E-state index in [4.69, 9.17) is 9.15 Å². The Bertz CT molecular complexity index is 856. The van der Waals surface area contributed by atoms with Gasteiger partial charge in [0.2, 0.25) is 0 Å². The average Bonchev–Trinajstić information content (AvgIpc) is 3.32. The molecule has 0 fully saturated rings. The van der Waals surface area contributed by atoms with E-state index in [1.54, 1.807) is 36.3 Å². The molecule has 0 saturated carbocycles. The maximum absolute atomic E-state index is 12.1. The maximum Gasteiger partial charge on any atom is 0.341 e. The van der Waals surface area contributed by atoms with Gasteiger partial charge in [-0.05, 0) is 17.7 Å². The summed E-state index contributed by atoms with van der Waals surface area (Å²) in [7, 11) is 1.62. The second kappa shape index (κ2) is 8.15. The number of furan rings is 1. The molecule has 2 aromatic heterocycles. The molecule has 7 heteroatoms. The van der Waals surface area contributed by atoms with Gasteiger partial charge in [0, 0.05) is 13.2 Å². The third kappa shape index (κ3) is 4.60. The lowest BCUT2D eigenvalue weighted by atomic mass is 10.2. The Kier molecular flexibility index (Phi) is 5.48. The van der Waals surface area contributed by atoms with Crippen LogP contribution in [0.3, 0.4) is 0 Å². The van der Waals surface area contributed by atoms with Crippen LogP contribution in [-0.4, -0.2) is 40.2 Å². The van der Waals surface area contributed by atoms with Gasteiger partial charge in [-0.25, -0.2) is 4.79 Å². The van der Waals surface area contributed by atoms with E-state index in [1.807, 2.05) is 30.3 Å². The van der Waals surface area contributed by atoms with Gasteiger partial charge in [-0.2, -0.15) is 5.10 Å². The van der Waals surface area contributed by atoms with Crippen LogP contribution in [0.15, 0.2) is 65.5 Å². The van der Waals surface area contributed by atoms with E-state index >= 15 is 0 Å². The van der Waals surface area contributed by atoms with Crippen molar-refractivity contribution in [1.82, 2.24) is 14.7 Å². The third-order valence-corrected chi connectivity index (χ3v) is 3.78. The quantitative estimate of drug-likeness (QED) is 0.609. The molecule has 7 nitrogen and oxygen atoms in total. The fraction of sp³-hybridized carbons (Fsp3) is 0.211. The highest BCUT2D eigenvalue weighted by Gasteiger charge is 2.16. The van der Waals surface area contributed by atoms with Gasteiger partial charge in [-0.3, -0.25) is 9.48 Å². The number of ether oxygens (including phenoxy) is 1. The molecule has 1 amide bonds. The highest BCUT2D eigenvalue weighted by molar-refractivity contribution is 5.90. The van der Waals surface area contributed by atoms with Crippen LogP contribution in [0.1, 0.15) is 21.7 Å². The molecule has 0 aliphatic carbocycles. The van der Waals surface area contributed by atoms with Crippen LogP contribution in [0.5, 0.6) is 0 Å². The molecule has 1 aromatic carbocycles. The second-order valence-electron chi connectivity index (χ2n) is 5.82. The zero-order valence-electron chi connectivity index (χ0n) is 14.4. The molecule has 0 unspecified atom stereocenters. The summed E-state index contributed by atoms with van der Waals surface area (Å²) in [5.74, 6) is -0.232. The molecule has 26 heavy (non-hydrogen) atoms. The van der Waals surface area contributed by atoms with E-state index in [2.05, 4.69) is 5.10 Å². The van der Waals surface area contributed by atoms with Crippen LogP contribution >= 0.6 is 0 Å². The maximum atomic E-state index is 12.1. The predicted octanol–water partition coefficient (Wildman–Crippen LogP) is 2.34. The van der Waals surface area contributed by atoms with E-state index < -0.39 is 5.97 Å². The molecule has 3 rings (SSSR count). The Morgan fingerprint density at radius 2 is 2.00 bits per heavy atom. The van der Waals surface area contributed by atoms with Gasteiger partial charge in [0.1, 0.15) is 5.76 Å². The highest BCUT2D eigenvalue weighted by atomic mass is 16.5. The Hall–Kier alpha value is -3.35. The Morgan fingerprint density at radius 3 is 2.73 bits per heavy atom. The standard InChI is InChI=1S/C19H19N3O4/c1-21(13-17-8-5-9-25-17)18(23)14-26-19(24)16-10-20-22(12-16)11-15-6-3-2-4-7-15/h2-10,12H,11,13-14H2,1H3. The number of esters is 1. The van der Waals surface area contributed by atoms with Crippen LogP contribution in [0.25, 0.3) is 0 Å². The molecule has 0 radical (unpaired) electrons. The Morgan fingerprint density at radius 1 is 1.19 bits per heavy atom. The molecule has 0 saturated heterocycles. The number of carbonyl (C=O) groups excluding carboxylic acids is 2. The van der Waals surface area contributed by atoms with E-state index in [1.165, 1.54) is 11.1 Å². The number of benzene rings is 1. The highest BCUT2D eigenvalue weighted by Crippen LogP contribution is 2.07. The lowest BCUT2D eigenvalue weighted by Gasteiger charge is -2.15. The summed E-state index contributed by atoms with van der Waals surface area (Å²) in [4.78, 5) is 25.6. The van der Waals surface area contributed by atoms with Crippen molar-refractivity contribution in [3.8, 4) is 0 Å². The number of likely N-dealkylation sites (N-methyl/N-ethyl adjacent to an activating group) is 1. The summed E-state index contributed by atoms with van der Waals surface area (Å²) in [6.45, 7) is 0.539. The zero-order valence-corrected chi connectivity index (χ0v) is 14.4. The predicted molar refractivity (Wildman–Crippen MR) is 93.2 cm³/mol. The number of hydrogen-bond acceptors (Lipinski definition) is 5. The van der Waals surface area contributed by atoms with Gasteiger partial charge in [0.15, 0.2) is 6.61 Å². The molecule has 0 atom stereocenters. The van der Waals surface area contributed by atoms with Crippen molar-refractivity contribution in [1.29, 1.82) is 0 Å². The number of hydrogen-bond donors (Lipinski definition) is 0. The molecule has 0 spiro atoms. The summed E-state index contributed by atoms with van der Waals surface area (Å²) < 4.78 is 11.9. The molecular weight excluding hydrogens is 334 g/mol. The Balaban J connectivity index is 1.49. The molecule has 2 heterocycles. The van der Waals surface area contributed by atoms with E-state index in [0.717, 1.165) is 5.56 Å². The van der Waals surface area contributed by atoms with Crippen molar-refractivity contribution in [3.63, 3.8) is 0 Å². The summed E-state index contributed by atoms with van der Waals surface area (Å²) in [5, 5.41) is 4.15. The van der Waals surface area contributed by atoms with Gasteiger partial charge >= 0.3 is 5.97 Å².